The molecule has 0 spiro atoms. The molecule has 176 valence electrons. The van der Waals surface area contributed by atoms with Crippen molar-refractivity contribution in [1.82, 2.24) is 9.29 Å². The van der Waals surface area contributed by atoms with Crippen molar-refractivity contribution in [2.45, 2.75) is 25.3 Å². The van der Waals surface area contributed by atoms with Gasteiger partial charge < -0.3 is 14.2 Å². The Hall–Kier alpha value is -2.95. The Balaban J connectivity index is 1.74. The highest BCUT2D eigenvalue weighted by molar-refractivity contribution is 7.89. The number of thiazole rings is 1. The molecule has 10 heteroatoms. The Bertz CT molecular complexity index is 1220. The third kappa shape index (κ3) is 5.35. The van der Waals surface area contributed by atoms with Gasteiger partial charge in [-0.05, 0) is 30.3 Å². The second kappa shape index (κ2) is 10.8. The van der Waals surface area contributed by atoms with Gasteiger partial charge in [0.25, 0.3) is 0 Å². The van der Waals surface area contributed by atoms with Crippen molar-refractivity contribution in [1.29, 1.82) is 0 Å². The number of carbonyl (C=O) groups excluding carboxylic acids is 1. The molecule has 3 aromatic rings. The molecule has 0 amide bonds. The number of ether oxygens (including phenoxy) is 3. The zero-order valence-electron chi connectivity index (χ0n) is 18.9. The first-order chi connectivity index (χ1) is 15.8. The van der Waals surface area contributed by atoms with Crippen LogP contribution < -0.4 is 9.47 Å². The number of sulfonamides is 1. The molecule has 0 radical (unpaired) electrons. The molecular weight excluding hydrogens is 464 g/mol. The third-order valence-electron chi connectivity index (χ3n) is 4.95. The number of nitrogens with zero attached hydrogens (tertiary/aromatic N) is 2. The van der Waals surface area contributed by atoms with E-state index in [2.05, 4.69) is 4.98 Å². The summed E-state index contributed by atoms with van der Waals surface area (Å²) in [5.74, 6) is 0.543. The molecule has 0 atom stereocenters. The van der Waals surface area contributed by atoms with Gasteiger partial charge in [-0.1, -0.05) is 26.0 Å². The second-order valence-electron chi connectivity index (χ2n) is 6.88. The summed E-state index contributed by atoms with van der Waals surface area (Å²) in [4.78, 5) is 17.2. The van der Waals surface area contributed by atoms with E-state index in [1.165, 1.54) is 39.9 Å². The van der Waals surface area contributed by atoms with Gasteiger partial charge in [0, 0.05) is 18.5 Å². The minimum Gasteiger partial charge on any atom is -0.493 e. The molecule has 0 aliphatic carbocycles. The van der Waals surface area contributed by atoms with Gasteiger partial charge in [-0.15, -0.1) is 11.3 Å². The number of carbonyl (C=O) groups is 1. The Morgan fingerprint density at radius 1 is 1.06 bits per heavy atom. The smallest absolute Gasteiger partial charge is 0.338 e. The van der Waals surface area contributed by atoms with E-state index in [9.17, 15) is 13.2 Å². The first kappa shape index (κ1) is 24.7. The van der Waals surface area contributed by atoms with Gasteiger partial charge in [0.15, 0.2) is 11.5 Å². The molecule has 0 saturated heterocycles. The molecule has 0 aliphatic heterocycles. The fourth-order valence-corrected chi connectivity index (χ4v) is 5.60. The van der Waals surface area contributed by atoms with Crippen molar-refractivity contribution in [2.24, 2.45) is 0 Å². The van der Waals surface area contributed by atoms with E-state index in [-0.39, 0.29) is 17.1 Å². The van der Waals surface area contributed by atoms with Crippen molar-refractivity contribution in [2.75, 3.05) is 27.3 Å². The lowest BCUT2D eigenvalue weighted by atomic mass is 10.2. The lowest BCUT2D eigenvalue weighted by Crippen LogP contribution is -2.30. The minimum atomic E-state index is -3.67. The summed E-state index contributed by atoms with van der Waals surface area (Å²) in [7, 11) is -0.543. The first-order valence-corrected chi connectivity index (χ1v) is 12.6. The van der Waals surface area contributed by atoms with Gasteiger partial charge in [0.05, 0.1) is 35.9 Å². The normalized spacial score (nSPS) is 11.4. The van der Waals surface area contributed by atoms with Crippen LogP contribution in [0.1, 0.15) is 29.9 Å². The minimum absolute atomic E-state index is 0.0470. The molecule has 1 aromatic heterocycles. The van der Waals surface area contributed by atoms with E-state index in [1.54, 1.807) is 39.5 Å². The molecule has 1 heterocycles. The van der Waals surface area contributed by atoms with Crippen LogP contribution in [-0.4, -0.2) is 51.0 Å². The average molecular weight is 491 g/mol. The zero-order valence-corrected chi connectivity index (χ0v) is 20.5. The van der Waals surface area contributed by atoms with E-state index in [4.69, 9.17) is 14.2 Å². The van der Waals surface area contributed by atoms with E-state index in [1.807, 2.05) is 12.1 Å². The lowest BCUT2D eigenvalue weighted by molar-refractivity contribution is 0.0468. The van der Waals surface area contributed by atoms with Gasteiger partial charge >= 0.3 is 5.97 Å². The van der Waals surface area contributed by atoms with Gasteiger partial charge in [0.2, 0.25) is 10.0 Å². The van der Waals surface area contributed by atoms with Gasteiger partial charge in [-0.25, -0.2) is 18.2 Å². The Labute approximate surface area is 197 Å². The molecular formula is C23H26N2O6S2. The maximum atomic E-state index is 12.7. The number of aromatic nitrogens is 1. The average Bonchev–Trinajstić information content (AvgIpc) is 3.31. The van der Waals surface area contributed by atoms with Crippen LogP contribution in [0.2, 0.25) is 0 Å². The van der Waals surface area contributed by atoms with Crippen LogP contribution in [0.3, 0.4) is 0 Å². The Kier molecular flexibility index (Phi) is 8.06. The number of benzene rings is 2. The molecule has 3 rings (SSSR count). The van der Waals surface area contributed by atoms with Crippen molar-refractivity contribution >= 4 is 27.3 Å². The third-order valence-corrected chi connectivity index (χ3v) is 7.92. The summed E-state index contributed by atoms with van der Waals surface area (Å²) in [5, 5.41) is 2.49. The summed E-state index contributed by atoms with van der Waals surface area (Å²) in [6, 6.07) is 11.4. The van der Waals surface area contributed by atoms with E-state index in [0.717, 1.165) is 5.56 Å². The Morgan fingerprint density at radius 2 is 1.79 bits per heavy atom. The highest BCUT2D eigenvalue weighted by Gasteiger charge is 2.23. The van der Waals surface area contributed by atoms with Crippen molar-refractivity contribution in [3.8, 4) is 22.1 Å². The fourth-order valence-electron chi connectivity index (χ4n) is 3.27. The van der Waals surface area contributed by atoms with Crippen molar-refractivity contribution < 1.29 is 27.4 Å². The highest BCUT2D eigenvalue weighted by Crippen LogP contribution is 2.39. The zero-order chi connectivity index (χ0) is 24.0. The van der Waals surface area contributed by atoms with Crippen LogP contribution >= 0.6 is 11.3 Å². The van der Waals surface area contributed by atoms with Crippen LogP contribution in [0, 0.1) is 0 Å². The monoisotopic (exact) mass is 490 g/mol. The molecule has 0 bridgehead atoms. The molecule has 0 fully saturated rings. The van der Waals surface area contributed by atoms with Gasteiger partial charge in [-0.2, -0.15) is 4.31 Å². The standard InChI is InChI=1S/C23H26N2O6S2/c1-5-25(6-2)33(27,28)18-10-7-9-16(13-18)23(26)31-14-17-15-32-22(24-17)19-11-8-12-20(29-3)21(19)30-4/h7-13,15H,5-6,14H2,1-4H3. The topological polar surface area (TPSA) is 95.0 Å². The summed E-state index contributed by atoms with van der Waals surface area (Å²) >= 11 is 1.39. The van der Waals surface area contributed by atoms with Crippen LogP contribution in [0.5, 0.6) is 11.5 Å². The maximum absolute atomic E-state index is 12.7. The summed E-state index contributed by atoms with van der Waals surface area (Å²) in [5.41, 5.74) is 1.50. The maximum Gasteiger partial charge on any atom is 0.338 e. The van der Waals surface area contributed by atoms with Crippen LogP contribution in [0.15, 0.2) is 52.7 Å². The quantitative estimate of drug-likeness (QED) is 0.393. The summed E-state index contributed by atoms with van der Waals surface area (Å²) in [6.45, 7) is 4.18. The number of para-hydroxylation sites is 1. The number of hydrogen-bond donors (Lipinski definition) is 0. The summed E-state index contributed by atoms with van der Waals surface area (Å²) < 4.78 is 43.0. The predicted molar refractivity (Wildman–Crippen MR) is 126 cm³/mol. The number of methoxy groups -OCH3 is 2. The van der Waals surface area contributed by atoms with E-state index >= 15 is 0 Å². The summed E-state index contributed by atoms with van der Waals surface area (Å²) in [6.07, 6.45) is 0. The van der Waals surface area contributed by atoms with Crippen LogP contribution in [-0.2, 0) is 21.4 Å². The van der Waals surface area contributed by atoms with E-state index in [0.29, 0.717) is 35.3 Å². The van der Waals surface area contributed by atoms with Gasteiger partial charge in [-0.3, -0.25) is 0 Å². The highest BCUT2D eigenvalue weighted by atomic mass is 32.2. The molecule has 33 heavy (non-hydrogen) atoms. The van der Waals surface area contributed by atoms with Crippen molar-refractivity contribution in [3.05, 3.63) is 59.1 Å². The van der Waals surface area contributed by atoms with Crippen molar-refractivity contribution in [3.63, 3.8) is 0 Å². The first-order valence-electron chi connectivity index (χ1n) is 10.3. The molecule has 0 N–H and O–H groups in total. The van der Waals surface area contributed by atoms with Crippen LogP contribution in [0.4, 0.5) is 0 Å². The van der Waals surface area contributed by atoms with E-state index < -0.39 is 16.0 Å². The lowest BCUT2D eigenvalue weighted by Gasteiger charge is -2.18. The SMILES string of the molecule is CCN(CC)S(=O)(=O)c1cccc(C(=O)OCc2csc(-c3cccc(OC)c3OC)n2)c1. The predicted octanol–water partition coefficient (Wildman–Crippen LogP) is 4.21. The Morgan fingerprint density at radius 3 is 2.45 bits per heavy atom. The molecule has 2 aromatic carbocycles. The van der Waals surface area contributed by atoms with Crippen LogP contribution in [0.25, 0.3) is 10.6 Å². The fraction of sp³-hybridized carbons (Fsp3) is 0.304. The number of rotatable bonds is 10. The molecule has 0 saturated carbocycles. The number of esters is 1. The van der Waals surface area contributed by atoms with Gasteiger partial charge in [0.1, 0.15) is 11.6 Å². The number of hydrogen-bond acceptors (Lipinski definition) is 8. The second-order valence-corrected chi connectivity index (χ2v) is 9.67. The molecule has 0 aliphatic rings. The molecule has 8 nitrogen and oxygen atoms in total. The molecule has 0 unspecified atom stereocenters. The largest absolute Gasteiger partial charge is 0.493 e.